The molecule has 0 unspecified atom stereocenters. The molecule has 0 saturated carbocycles. The van der Waals surface area contributed by atoms with Crippen LogP contribution in [0.25, 0.3) is 0 Å². The van der Waals surface area contributed by atoms with Crippen molar-refractivity contribution < 1.29 is 17.7 Å². The zero-order valence-corrected chi connectivity index (χ0v) is 12.8. The number of sulfonamides is 1. The lowest BCUT2D eigenvalue weighted by Crippen LogP contribution is -2.13. The Morgan fingerprint density at radius 2 is 2.05 bits per heavy atom. The number of nitro groups is 1. The van der Waals surface area contributed by atoms with Crippen molar-refractivity contribution in [3.63, 3.8) is 0 Å². The Balaban J connectivity index is 2.36. The summed E-state index contributed by atoms with van der Waals surface area (Å²) in [4.78, 5) is 9.71. The quantitative estimate of drug-likeness (QED) is 0.650. The van der Waals surface area contributed by atoms with Crippen LogP contribution in [0.15, 0.2) is 38.3 Å². The van der Waals surface area contributed by atoms with Gasteiger partial charge in [0.25, 0.3) is 15.7 Å². The number of thiophene rings is 1. The molecule has 0 saturated heterocycles. The van der Waals surface area contributed by atoms with Crippen LogP contribution in [-0.4, -0.2) is 13.3 Å². The van der Waals surface area contributed by atoms with Crippen LogP contribution >= 0.6 is 27.3 Å². The molecule has 106 valence electrons. The summed E-state index contributed by atoms with van der Waals surface area (Å²) in [6.07, 6.45) is 0. The van der Waals surface area contributed by atoms with Crippen molar-refractivity contribution in [1.82, 2.24) is 0 Å². The fourth-order valence-electron chi connectivity index (χ4n) is 1.36. The van der Waals surface area contributed by atoms with Crippen molar-refractivity contribution >= 4 is 48.7 Å². The molecule has 0 aliphatic carbocycles. The minimum absolute atomic E-state index is 0.00440. The number of non-ortho nitro benzene ring substituents is 1. The summed E-state index contributed by atoms with van der Waals surface area (Å²) >= 11 is 4.03. The van der Waals surface area contributed by atoms with Crippen LogP contribution < -0.4 is 4.72 Å². The number of anilines is 1. The molecule has 1 aromatic heterocycles. The second-order valence-corrected chi connectivity index (χ2v) is 7.23. The maximum Gasteiger partial charge on any atom is 0.272 e. The number of halogens is 2. The van der Waals surface area contributed by atoms with Gasteiger partial charge in [-0.2, -0.15) is 0 Å². The third-order valence-corrected chi connectivity index (χ3v) is 6.27. The van der Waals surface area contributed by atoms with E-state index in [9.17, 15) is 22.9 Å². The number of nitrogens with zero attached hydrogens (tertiary/aromatic N) is 1. The fourth-order valence-corrected chi connectivity index (χ4v) is 4.77. The lowest BCUT2D eigenvalue weighted by molar-refractivity contribution is -0.385. The van der Waals surface area contributed by atoms with Crippen molar-refractivity contribution in [2.45, 2.75) is 4.21 Å². The van der Waals surface area contributed by atoms with E-state index in [2.05, 4.69) is 20.7 Å². The van der Waals surface area contributed by atoms with Gasteiger partial charge in [0.1, 0.15) is 0 Å². The predicted molar refractivity (Wildman–Crippen MR) is 75.9 cm³/mol. The van der Waals surface area contributed by atoms with Gasteiger partial charge in [0.15, 0.2) is 10.0 Å². The minimum Gasteiger partial charge on any atom is -0.276 e. The average Bonchev–Trinajstić information content (AvgIpc) is 2.78. The molecule has 1 heterocycles. The van der Waals surface area contributed by atoms with Crippen LogP contribution in [0.4, 0.5) is 15.8 Å². The number of hydrogen-bond donors (Lipinski definition) is 1. The molecule has 2 rings (SSSR count). The number of benzene rings is 1. The van der Waals surface area contributed by atoms with E-state index in [4.69, 9.17) is 0 Å². The molecule has 0 spiro atoms. The first-order valence-corrected chi connectivity index (χ1v) is 8.16. The normalized spacial score (nSPS) is 11.3. The second kappa shape index (κ2) is 5.46. The Morgan fingerprint density at radius 1 is 1.35 bits per heavy atom. The number of nitrogens with one attached hydrogen (secondary N) is 1. The van der Waals surface area contributed by atoms with Gasteiger partial charge in [-0.15, -0.1) is 11.3 Å². The van der Waals surface area contributed by atoms with E-state index in [0.717, 1.165) is 23.5 Å². The zero-order chi connectivity index (χ0) is 14.9. The number of nitro benzene ring substituents is 1. The summed E-state index contributed by atoms with van der Waals surface area (Å²) in [6, 6.07) is 4.23. The zero-order valence-electron chi connectivity index (χ0n) is 9.54. The van der Waals surface area contributed by atoms with Gasteiger partial charge >= 0.3 is 0 Å². The molecule has 0 bridgehead atoms. The summed E-state index contributed by atoms with van der Waals surface area (Å²) in [6.45, 7) is 0. The molecule has 1 N–H and O–H groups in total. The molecule has 1 aromatic carbocycles. The van der Waals surface area contributed by atoms with Crippen LogP contribution in [0, 0.1) is 15.9 Å². The highest BCUT2D eigenvalue weighted by Gasteiger charge is 2.21. The molecule has 0 amide bonds. The molecule has 0 fully saturated rings. The highest BCUT2D eigenvalue weighted by atomic mass is 79.9. The van der Waals surface area contributed by atoms with E-state index >= 15 is 0 Å². The lowest BCUT2D eigenvalue weighted by Gasteiger charge is -2.07. The maximum absolute atomic E-state index is 13.6. The van der Waals surface area contributed by atoms with Gasteiger partial charge in [-0.1, -0.05) is 0 Å². The Hall–Kier alpha value is -1.52. The monoisotopic (exact) mass is 380 g/mol. The molecule has 10 heteroatoms. The van der Waals surface area contributed by atoms with Gasteiger partial charge in [0, 0.05) is 10.5 Å². The Morgan fingerprint density at radius 3 is 2.55 bits per heavy atom. The maximum atomic E-state index is 13.6. The van der Waals surface area contributed by atoms with Crippen molar-refractivity contribution in [3.8, 4) is 0 Å². The second-order valence-electron chi connectivity index (χ2n) is 3.58. The number of rotatable bonds is 4. The highest BCUT2D eigenvalue weighted by Crippen LogP contribution is 2.30. The van der Waals surface area contributed by atoms with Gasteiger partial charge < -0.3 is 0 Å². The van der Waals surface area contributed by atoms with Crippen LogP contribution in [0.5, 0.6) is 0 Å². The van der Waals surface area contributed by atoms with Gasteiger partial charge in [-0.25, -0.2) is 12.8 Å². The summed E-state index contributed by atoms with van der Waals surface area (Å²) in [5.74, 6) is -1.02. The standard InChI is InChI=1S/C10H6BrFN2O4S2/c11-7-3-4-19-10(7)20(17,18)13-9-2-1-6(14(15)16)5-8(9)12/h1-5,13H. The van der Waals surface area contributed by atoms with Crippen molar-refractivity contribution in [2.75, 3.05) is 4.72 Å². The fraction of sp³-hybridized carbons (Fsp3) is 0. The SMILES string of the molecule is O=[N+]([O-])c1ccc(NS(=O)(=O)c2sccc2Br)c(F)c1. The first-order valence-electron chi connectivity index (χ1n) is 5.01. The van der Waals surface area contributed by atoms with Crippen molar-refractivity contribution in [1.29, 1.82) is 0 Å². The molecule has 0 aliphatic rings. The van der Waals surface area contributed by atoms with E-state index in [-0.39, 0.29) is 9.90 Å². The Kier molecular flexibility index (Phi) is 4.06. The molecule has 0 atom stereocenters. The lowest BCUT2D eigenvalue weighted by atomic mass is 10.3. The van der Waals surface area contributed by atoms with Crippen LogP contribution in [0.1, 0.15) is 0 Å². The van der Waals surface area contributed by atoms with Gasteiger partial charge in [-0.05, 0) is 33.4 Å². The van der Waals surface area contributed by atoms with E-state index in [1.54, 1.807) is 11.4 Å². The van der Waals surface area contributed by atoms with Gasteiger partial charge in [0.2, 0.25) is 0 Å². The molecule has 2 aromatic rings. The van der Waals surface area contributed by atoms with Gasteiger partial charge in [0.05, 0.1) is 16.7 Å². The van der Waals surface area contributed by atoms with Gasteiger partial charge in [-0.3, -0.25) is 14.8 Å². The van der Waals surface area contributed by atoms with E-state index < -0.39 is 26.5 Å². The predicted octanol–water partition coefficient (Wildman–Crippen LogP) is 3.36. The van der Waals surface area contributed by atoms with Crippen molar-refractivity contribution in [3.05, 3.63) is 50.0 Å². The Bertz CT molecular complexity index is 775. The first kappa shape index (κ1) is 14.9. The molecule has 20 heavy (non-hydrogen) atoms. The van der Waals surface area contributed by atoms with Crippen LogP contribution in [0.2, 0.25) is 0 Å². The summed E-state index contributed by atoms with van der Waals surface area (Å²) in [7, 11) is -3.94. The summed E-state index contributed by atoms with van der Waals surface area (Å²) in [5, 5.41) is 12.0. The first-order chi connectivity index (χ1) is 9.31. The molecule has 0 aliphatic heterocycles. The van der Waals surface area contributed by atoms with E-state index in [1.165, 1.54) is 0 Å². The van der Waals surface area contributed by atoms with E-state index in [0.29, 0.717) is 10.5 Å². The van der Waals surface area contributed by atoms with Crippen LogP contribution in [0.3, 0.4) is 0 Å². The summed E-state index contributed by atoms with van der Waals surface area (Å²) < 4.78 is 40.1. The third-order valence-electron chi connectivity index (χ3n) is 2.24. The topological polar surface area (TPSA) is 89.3 Å². The molecule has 0 radical (unpaired) electrons. The third kappa shape index (κ3) is 2.97. The molecular weight excluding hydrogens is 375 g/mol. The highest BCUT2D eigenvalue weighted by molar-refractivity contribution is 9.10. The summed E-state index contributed by atoms with van der Waals surface area (Å²) in [5.41, 5.74) is -0.807. The van der Waals surface area contributed by atoms with E-state index in [1.807, 2.05) is 0 Å². The minimum atomic E-state index is -3.94. The van der Waals surface area contributed by atoms with Crippen LogP contribution in [-0.2, 0) is 10.0 Å². The Labute approximate surface area is 125 Å². The number of hydrogen-bond acceptors (Lipinski definition) is 5. The largest absolute Gasteiger partial charge is 0.276 e. The van der Waals surface area contributed by atoms with Crippen molar-refractivity contribution in [2.24, 2.45) is 0 Å². The molecule has 6 nitrogen and oxygen atoms in total. The average molecular weight is 381 g/mol. The molecular formula is C10H6BrFN2O4S2. The smallest absolute Gasteiger partial charge is 0.272 e.